The van der Waals surface area contributed by atoms with Crippen LogP contribution < -0.4 is 10.5 Å². The van der Waals surface area contributed by atoms with Crippen molar-refractivity contribution in [2.45, 2.75) is 20.3 Å². The molecule has 1 saturated heterocycles. The minimum atomic E-state index is -0.165. The molecule has 8 heteroatoms. The summed E-state index contributed by atoms with van der Waals surface area (Å²) in [7, 11) is 1.79. The van der Waals surface area contributed by atoms with Crippen LogP contribution in [0, 0.1) is 19.8 Å². The second-order valence-corrected chi connectivity index (χ2v) is 7.91. The minimum absolute atomic E-state index is 0.165. The second kappa shape index (κ2) is 6.92. The molecule has 3 heterocycles. The predicted molar refractivity (Wildman–Crippen MR) is 111 cm³/mol. The molecule has 1 unspecified atom stereocenters. The van der Waals surface area contributed by atoms with Crippen LogP contribution in [0.1, 0.15) is 17.5 Å². The fraction of sp³-hybridized carbons (Fsp3) is 0.368. The summed E-state index contributed by atoms with van der Waals surface area (Å²) in [6.45, 7) is 5.71. The van der Waals surface area contributed by atoms with Gasteiger partial charge in [0, 0.05) is 42.9 Å². The molecule has 1 fully saturated rings. The van der Waals surface area contributed by atoms with Gasteiger partial charge >= 0.3 is 0 Å². The molecular weight excluding hydrogens is 408 g/mol. The molecule has 7 nitrogen and oxygen atoms in total. The molecule has 1 N–H and O–H groups in total. The summed E-state index contributed by atoms with van der Waals surface area (Å²) in [5.74, 6) is 0.968. The third kappa shape index (κ3) is 3.29. The lowest BCUT2D eigenvalue weighted by molar-refractivity contribution is 0.797. The van der Waals surface area contributed by atoms with Crippen LogP contribution in [-0.4, -0.2) is 46.1 Å². The third-order valence-corrected chi connectivity index (χ3v) is 5.40. The van der Waals surface area contributed by atoms with Gasteiger partial charge in [-0.25, -0.2) is 4.68 Å². The van der Waals surface area contributed by atoms with Crippen molar-refractivity contribution in [3.63, 3.8) is 0 Å². The zero-order chi connectivity index (χ0) is 19.1. The summed E-state index contributed by atoms with van der Waals surface area (Å²) < 4.78 is 2.78. The van der Waals surface area contributed by atoms with E-state index in [0.29, 0.717) is 22.9 Å². The average molecular weight is 429 g/mol. The summed E-state index contributed by atoms with van der Waals surface area (Å²) in [6, 6.07) is 4.08. The van der Waals surface area contributed by atoms with E-state index in [-0.39, 0.29) is 5.56 Å². The Balaban J connectivity index is 1.76. The number of anilines is 1. The van der Waals surface area contributed by atoms with E-state index in [1.807, 2.05) is 32.2 Å². The largest absolute Gasteiger partial charge is 0.342 e. The normalized spacial score (nSPS) is 17.5. The van der Waals surface area contributed by atoms with Crippen LogP contribution in [0.25, 0.3) is 16.7 Å². The van der Waals surface area contributed by atoms with E-state index in [1.165, 1.54) is 0 Å². The Hall–Kier alpha value is -2.48. The van der Waals surface area contributed by atoms with Crippen LogP contribution in [0.5, 0.6) is 0 Å². The number of aromatic amines is 1. The highest BCUT2D eigenvalue weighted by Crippen LogP contribution is 2.25. The predicted octanol–water partition coefficient (Wildman–Crippen LogP) is 3.02. The Labute approximate surface area is 165 Å². The highest BCUT2D eigenvalue weighted by molar-refractivity contribution is 9.10. The fourth-order valence-electron chi connectivity index (χ4n) is 3.75. The van der Waals surface area contributed by atoms with Crippen LogP contribution in [0.3, 0.4) is 0 Å². The summed E-state index contributed by atoms with van der Waals surface area (Å²) in [5.41, 5.74) is 3.42. The van der Waals surface area contributed by atoms with E-state index in [0.717, 1.165) is 40.8 Å². The van der Waals surface area contributed by atoms with Gasteiger partial charge in [0.2, 0.25) is 5.95 Å². The average Bonchev–Trinajstić information content (AvgIpc) is 3.21. The molecule has 27 heavy (non-hydrogen) atoms. The quantitative estimate of drug-likeness (QED) is 0.650. The maximum Gasteiger partial charge on any atom is 0.263 e. The number of hydrogen-bond acceptors (Lipinski definition) is 5. The maximum absolute atomic E-state index is 12.6. The highest BCUT2D eigenvalue weighted by atomic mass is 79.9. The van der Waals surface area contributed by atoms with Crippen molar-refractivity contribution in [2.75, 3.05) is 25.0 Å². The van der Waals surface area contributed by atoms with Crippen molar-refractivity contribution in [1.29, 1.82) is 0 Å². The van der Waals surface area contributed by atoms with Gasteiger partial charge in [-0.1, -0.05) is 15.9 Å². The van der Waals surface area contributed by atoms with E-state index in [4.69, 9.17) is 0 Å². The Morgan fingerprint density at radius 1 is 1.33 bits per heavy atom. The third-order valence-electron chi connectivity index (χ3n) is 4.95. The standard InChI is InChI=1S/C19H21BrN6O/c1-11-6-14(20)7-12(2)16(11)26-10-15-17(24-26)22-19(23-18(15)27)25-5-4-13(9-25)8-21-3/h6-8,10,13H,4-5,9H2,1-3H3,(H,22,23,24,27)/b21-8+. The number of aryl methyl sites for hydroxylation is 2. The van der Waals surface area contributed by atoms with Gasteiger partial charge in [-0.3, -0.25) is 9.78 Å². The molecular formula is C19H21BrN6O. The van der Waals surface area contributed by atoms with Gasteiger partial charge in [-0.2, -0.15) is 4.98 Å². The number of halogens is 1. The zero-order valence-electron chi connectivity index (χ0n) is 15.5. The number of nitrogens with zero attached hydrogens (tertiary/aromatic N) is 5. The number of nitrogens with one attached hydrogen (secondary N) is 1. The molecule has 1 aliphatic rings. The SMILES string of the molecule is C/N=C/C1CCN(c2nc3nn(-c4c(C)cc(Br)cc4C)cc3c(=O)[nH]2)C1. The Kier molecular flexibility index (Phi) is 4.59. The molecule has 4 rings (SSSR count). The Bertz CT molecular complexity index is 1080. The molecule has 1 atom stereocenters. The van der Waals surface area contributed by atoms with Gasteiger partial charge in [0.15, 0.2) is 5.65 Å². The van der Waals surface area contributed by atoms with E-state index >= 15 is 0 Å². The van der Waals surface area contributed by atoms with Crippen LogP contribution in [0.15, 0.2) is 32.6 Å². The number of benzene rings is 1. The monoisotopic (exact) mass is 428 g/mol. The highest BCUT2D eigenvalue weighted by Gasteiger charge is 2.24. The summed E-state index contributed by atoms with van der Waals surface area (Å²) in [6.07, 6.45) is 4.72. The molecule has 1 aromatic carbocycles. The molecule has 0 radical (unpaired) electrons. The van der Waals surface area contributed by atoms with E-state index < -0.39 is 0 Å². The van der Waals surface area contributed by atoms with E-state index in [2.05, 4.69) is 40.9 Å². The van der Waals surface area contributed by atoms with Crippen molar-refractivity contribution in [3.8, 4) is 5.69 Å². The van der Waals surface area contributed by atoms with Crippen molar-refractivity contribution in [2.24, 2.45) is 10.9 Å². The van der Waals surface area contributed by atoms with Crippen LogP contribution in [-0.2, 0) is 0 Å². The van der Waals surface area contributed by atoms with E-state index in [9.17, 15) is 4.79 Å². The van der Waals surface area contributed by atoms with E-state index in [1.54, 1.807) is 17.9 Å². The lowest BCUT2D eigenvalue weighted by Gasteiger charge is -2.15. The number of aromatic nitrogens is 4. The number of rotatable bonds is 3. The smallest absolute Gasteiger partial charge is 0.263 e. The molecule has 2 aromatic heterocycles. The van der Waals surface area contributed by atoms with Crippen LogP contribution in [0.4, 0.5) is 5.95 Å². The summed E-state index contributed by atoms with van der Waals surface area (Å²) in [5, 5.41) is 5.09. The number of H-pyrrole nitrogens is 1. The first-order chi connectivity index (χ1) is 13.0. The topological polar surface area (TPSA) is 79.2 Å². The molecule has 0 spiro atoms. The minimum Gasteiger partial charge on any atom is -0.342 e. The van der Waals surface area contributed by atoms with Gasteiger partial charge in [-0.15, -0.1) is 5.10 Å². The molecule has 0 aliphatic carbocycles. The Morgan fingerprint density at radius 3 is 2.78 bits per heavy atom. The van der Waals surface area contributed by atoms with Crippen LogP contribution >= 0.6 is 15.9 Å². The molecule has 1 aliphatic heterocycles. The van der Waals surface area contributed by atoms with Gasteiger partial charge in [-0.05, 0) is 43.5 Å². The van der Waals surface area contributed by atoms with Gasteiger partial charge in [0.25, 0.3) is 5.56 Å². The van der Waals surface area contributed by atoms with Crippen molar-refractivity contribution in [1.82, 2.24) is 19.7 Å². The molecule has 0 amide bonds. The second-order valence-electron chi connectivity index (χ2n) is 6.99. The molecule has 140 valence electrons. The first-order valence-electron chi connectivity index (χ1n) is 8.90. The summed E-state index contributed by atoms with van der Waals surface area (Å²) >= 11 is 3.52. The van der Waals surface area contributed by atoms with Gasteiger partial charge in [0.05, 0.1) is 5.69 Å². The lowest BCUT2D eigenvalue weighted by atomic mass is 10.1. The maximum atomic E-state index is 12.6. The van der Waals surface area contributed by atoms with Crippen LogP contribution in [0.2, 0.25) is 0 Å². The van der Waals surface area contributed by atoms with Crippen molar-refractivity contribution in [3.05, 3.63) is 44.3 Å². The first-order valence-corrected chi connectivity index (χ1v) is 9.69. The zero-order valence-corrected chi connectivity index (χ0v) is 17.1. The van der Waals surface area contributed by atoms with Gasteiger partial charge < -0.3 is 9.89 Å². The fourth-order valence-corrected chi connectivity index (χ4v) is 4.43. The Morgan fingerprint density at radius 2 is 2.07 bits per heavy atom. The number of fused-ring (bicyclic) bond motifs is 1. The molecule has 0 bridgehead atoms. The number of hydrogen-bond donors (Lipinski definition) is 1. The van der Waals surface area contributed by atoms with Crippen molar-refractivity contribution < 1.29 is 0 Å². The first kappa shape index (κ1) is 17.9. The molecule has 0 saturated carbocycles. The molecule has 3 aromatic rings. The summed E-state index contributed by atoms with van der Waals surface area (Å²) in [4.78, 5) is 26.4. The number of aliphatic imine (C=N–C) groups is 1. The van der Waals surface area contributed by atoms with Crippen molar-refractivity contribution >= 4 is 39.1 Å². The lowest BCUT2D eigenvalue weighted by Crippen LogP contribution is -2.25. The van der Waals surface area contributed by atoms with Gasteiger partial charge in [0.1, 0.15) is 5.39 Å².